The molecule has 12 rings (SSSR count). The summed E-state index contributed by atoms with van der Waals surface area (Å²) in [7, 11) is 8.66. The van der Waals surface area contributed by atoms with Gasteiger partial charge in [-0.1, -0.05) is 115 Å². The molecule has 2 unspecified atom stereocenters. The maximum atomic E-state index is 12.7. The molecule has 9 aromatic rings. The summed E-state index contributed by atoms with van der Waals surface area (Å²) in [5, 5.41) is 33.2. The molecule has 83 heavy (non-hydrogen) atoms. The van der Waals surface area contributed by atoms with E-state index in [0.717, 1.165) is 81.9 Å². The fourth-order valence-electron chi connectivity index (χ4n) is 11.0. The Morgan fingerprint density at radius 2 is 0.855 bits per heavy atom. The second-order valence-electron chi connectivity index (χ2n) is 22.5. The van der Waals surface area contributed by atoms with Gasteiger partial charge in [0, 0.05) is 71.1 Å². The van der Waals surface area contributed by atoms with Crippen LogP contribution in [0.1, 0.15) is 117 Å². The lowest BCUT2D eigenvalue weighted by Gasteiger charge is -2.21. The van der Waals surface area contributed by atoms with Gasteiger partial charge in [0.1, 0.15) is 0 Å². The van der Waals surface area contributed by atoms with Gasteiger partial charge in [0.15, 0.2) is 17.1 Å². The van der Waals surface area contributed by atoms with Gasteiger partial charge in [0.05, 0.1) is 31.2 Å². The lowest BCUT2D eigenvalue weighted by atomic mass is 9.85. The molecule has 1 saturated carbocycles. The molecule has 3 fully saturated rings. The summed E-state index contributed by atoms with van der Waals surface area (Å²) in [6.07, 6.45) is 14.4. The van der Waals surface area contributed by atoms with E-state index >= 15 is 0 Å². The number of carbonyl (C=O) groups excluding carboxylic acids is 3. The molecule has 2 saturated heterocycles. The first-order chi connectivity index (χ1) is 40.2. The molecule has 0 radical (unpaired) electrons. The van der Waals surface area contributed by atoms with Crippen LogP contribution in [0.4, 0.5) is 0 Å². The van der Waals surface area contributed by atoms with Crippen LogP contribution in [0.15, 0.2) is 91.0 Å². The van der Waals surface area contributed by atoms with Crippen LogP contribution in [0.2, 0.25) is 5.02 Å². The third kappa shape index (κ3) is 14.6. The number of nitrogens with one attached hydrogen (secondary N) is 1. The topological polar surface area (TPSA) is 147 Å². The molecule has 1 N–H and O–H groups in total. The van der Waals surface area contributed by atoms with Gasteiger partial charge in [-0.15, -0.1) is 49.3 Å². The maximum Gasteiger partial charge on any atom is 0.275 e. The van der Waals surface area contributed by atoms with E-state index in [1.807, 2.05) is 47.8 Å². The SMILES string of the molecule is CN(C)C(=O)c1nnc(CC2CCCSC2)c2cc(-c3ccc(Cl)cc3)sc12.CNC(=O)c1nnc(CC2CCCSC2)c2cc(-c3ccc(C)cc3)sc12.Cc1ccc(-c2cc3c(CC4CCCCC4)nnc(C(=O)N(C)C)c3s2)cc1. The van der Waals surface area contributed by atoms with Crippen molar-refractivity contribution in [2.75, 3.05) is 58.2 Å². The van der Waals surface area contributed by atoms with Gasteiger partial charge in [-0.3, -0.25) is 14.4 Å². The highest BCUT2D eigenvalue weighted by atomic mass is 35.5. The molecule has 432 valence electrons. The molecule has 2 atom stereocenters. The summed E-state index contributed by atoms with van der Waals surface area (Å²) in [4.78, 5) is 44.2. The Kier molecular flexibility index (Phi) is 20.3. The van der Waals surface area contributed by atoms with Crippen molar-refractivity contribution >= 4 is 117 Å². The fourth-order valence-corrected chi connectivity index (χ4v) is 16.9. The van der Waals surface area contributed by atoms with Gasteiger partial charge in [-0.25, -0.2) is 0 Å². The zero-order valence-corrected chi connectivity index (χ0v) is 53.3. The average molecular weight is 1220 g/mol. The Bertz CT molecular complexity index is 3550. The number of thiophene rings is 3. The number of hydrogen-bond acceptors (Lipinski definition) is 14. The largest absolute Gasteiger partial charge is 0.354 e. The number of benzene rings is 3. The summed E-state index contributed by atoms with van der Waals surface area (Å²) >= 11 is 15.0. The highest BCUT2D eigenvalue weighted by Gasteiger charge is 2.27. The van der Waals surface area contributed by atoms with Gasteiger partial charge in [0.2, 0.25) is 0 Å². The Morgan fingerprint density at radius 3 is 1.23 bits per heavy atom. The molecular weight excluding hydrogens is 1150 g/mol. The minimum atomic E-state index is -0.176. The number of nitrogens with zero attached hydrogens (tertiary/aromatic N) is 8. The summed E-state index contributed by atoms with van der Waals surface area (Å²) in [5.74, 6) is 6.48. The summed E-state index contributed by atoms with van der Waals surface area (Å²) < 4.78 is 2.84. The van der Waals surface area contributed by atoms with Crippen molar-refractivity contribution in [3.05, 3.63) is 141 Å². The predicted octanol–water partition coefficient (Wildman–Crippen LogP) is 15.6. The molecule has 0 spiro atoms. The molecule has 12 nitrogen and oxygen atoms in total. The monoisotopic (exact) mass is 1220 g/mol. The van der Waals surface area contributed by atoms with Crippen LogP contribution < -0.4 is 5.32 Å². The van der Waals surface area contributed by atoms with Crippen LogP contribution >= 0.6 is 69.1 Å². The van der Waals surface area contributed by atoms with E-state index in [9.17, 15) is 14.4 Å². The highest BCUT2D eigenvalue weighted by molar-refractivity contribution is 7.99. The van der Waals surface area contributed by atoms with Gasteiger partial charge in [-0.05, 0) is 147 Å². The third-order valence-electron chi connectivity index (χ3n) is 15.7. The van der Waals surface area contributed by atoms with Crippen LogP contribution in [-0.4, -0.2) is 116 Å². The fraction of sp³-hybridized carbons (Fsp3) is 0.400. The summed E-state index contributed by atoms with van der Waals surface area (Å²) in [5.41, 5.74) is 10.3. The number of thioether (sulfide) groups is 2. The zero-order valence-electron chi connectivity index (χ0n) is 48.4. The van der Waals surface area contributed by atoms with Crippen LogP contribution in [-0.2, 0) is 19.3 Å². The van der Waals surface area contributed by atoms with Crippen LogP contribution in [0.3, 0.4) is 0 Å². The van der Waals surface area contributed by atoms with E-state index in [0.29, 0.717) is 39.9 Å². The number of rotatable bonds is 12. The molecule has 1 aliphatic carbocycles. The van der Waals surface area contributed by atoms with Crippen molar-refractivity contribution in [3.63, 3.8) is 0 Å². The van der Waals surface area contributed by atoms with Crippen molar-refractivity contribution < 1.29 is 14.4 Å². The number of amides is 3. The molecule has 18 heteroatoms. The Morgan fingerprint density at radius 1 is 0.494 bits per heavy atom. The smallest absolute Gasteiger partial charge is 0.275 e. The lowest BCUT2D eigenvalue weighted by molar-refractivity contribution is 0.0816. The van der Waals surface area contributed by atoms with E-state index in [4.69, 9.17) is 11.6 Å². The first-order valence-corrected chi connectivity index (χ1v) is 33.9. The first kappa shape index (κ1) is 60.3. The number of aromatic nitrogens is 6. The molecule has 6 aromatic heterocycles. The second-order valence-corrected chi connectivity index (χ2v) is 28.4. The predicted molar refractivity (Wildman–Crippen MR) is 350 cm³/mol. The summed E-state index contributed by atoms with van der Waals surface area (Å²) in [6, 6.07) is 31.4. The standard InChI is InChI=1S/C23H27N3OS.C21H22ClN3OS2.C21H23N3OS2/c1-15-9-11-17(12-10-15)20-14-18-19(13-16-7-5-4-6-8-16)24-25-21(22(18)28-20)23(27)26(2)3;1-25(2)21(26)19-20-16(11-18(28-20)14-5-7-15(22)8-6-14)17(23-24-19)10-13-4-3-9-27-12-13;1-13-5-7-15(8-6-13)18-11-16-17(10-14-4-3-9-26-12-14)23-24-19(20(16)27-18)21(25)22-2/h9-12,14,16H,4-8,13H2,1-3H3;5-8,11,13H,3-4,9-10,12H2,1-2H3;5-8,11,14H,3-4,9-10,12H2,1-2H3,(H,22,25). The second kappa shape index (κ2) is 27.9. The van der Waals surface area contributed by atoms with Crippen molar-refractivity contribution in [2.24, 2.45) is 17.8 Å². The van der Waals surface area contributed by atoms with E-state index in [2.05, 4.69) is 116 Å². The highest BCUT2D eigenvalue weighted by Crippen LogP contribution is 2.41. The van der Waals surface area contributed by atoms with Gasteiger partial charge >= 0.3 is 0 Å². The first-order valence-electron chi connectivity index (χ1n) is 28.8. The minimum absolute atomic E-state index is 0.0842. The molecule has 0 bridgehead atoms. The molecule has 2 aliphatic heterocycles. The van der Waals surface area contributed by atoms with Crippen LogP contribution in [0, 0.1) is 31.6 Å². The van der Waals surface area contributed by atoms with Crippen LogP contribution in [0.5, 0.6) is 0 Å². The summed E-state index contributed by atoms with van der Waals surface area (Å²) in [6.45, 7) is 4.19. The number of hydrogen-bond donors (Lipinski definition) is 1. The van der Waals surface area contributed by atoms with E-state index in [1.54, 1.807) is 79.0 Å². The zero-order chi connectivity index (χ0) is 58.1. The molecule has 3 amide bonds. The third-order valence-corrected chi connectivity index (χ3v) is 22.1. The molecule has 8 heterocycles. The maximum absolute atomic E-state index is 12.7. The number of aryl methyl sites for hydroxylation is 2. The number of halogens is 1. The Balaban J connectivity index is 0.000000139. The van der Waals surface area contributed by atoms with Crippen molar-refractivity contribution in [1.29, 1.82) is 0 Å². The molecular formula is C65H72ClN9O3S5. The van der Waals surface area contributed by atoms with Gasteiger partial charge < -0.3 is 15.1 Å². The Labute approximate surface area is 513 Å². The molecule has 3 aliphatic rings. The van der Waals surface area contributed by atoms with Crippen molar-refractivity contribution in [3.8, 4) is 31.3 Å². The van der Waals surface area contributed by atoms with E-state index < -0.39 is 0 Å². The van der Waals surface area contributed by atoms with Gasteiger partial charge in [-0.2, -0.15) is 38.8 Å². The lowest BCUT2D eigenvalue weighted by Crippen LogP contribution is -2.23. The normalized spacial score (nSPS) is 16.4. The molecule has 3 aromatic carbocycles. The van der Waals surface area contributed by atoms with E-state index in [1.165, 1.54) is 108 Å². The quantitative estimate of drug-likeness (QED) is 0.125. The van der Waals surface area contributed by atoms with Gasteiger partial charge in [0.25, 0.3) is 17.7 Å². The van der Waals surface area contributed by atoms with Crippen molar-refractivity contribution in [1.82, 2.24) is 45.7 Å². The minimum Gasteiger partial charge on any atom is -0.354 e. The average Bonchev–Trinajstić information content (AvgIpc) is 4.49. The van der Waals surface area contributed by atoms with Crippen molar-refractivity contribution in [2.45, 2.75) is 90.9 Å². The number of carbonyl (C=O) groups is 3. The van der Waals surface area contributed by atoms with Crippen LogP contribution in [0.25, 0.3) is 61.6 Å². The number of fused-ring (bicyclic) bond motifs is 3. The van der Waals surface area contributed by atoms with E-state index in [-0.39, 0.29) is 17.7 Å². The Hall–Kier alpha value is -5.82.